The molecule has 1 aromatic rings. The molecule has 2 spiro atoms. The fourth-order valence-electron chi connectivity index (χ4n) is 8.39. The SMILES string of the molecule is CC1(C)CC2(CC(C)(C)N1)NC(=O)N(Cc1ccc(CN3C(=O)NC4(CC(C)(C)NC(C)(C)C4)C3=O)cc1)C2=O. The topological polar surface area (TPSA) is 123 Å². The highest BCUT2D eigenvalue weighted by atomic mass is 16.2. The second kappa shape index (κ2) is 8.76. The van der Waals surface area contributed by atoms with E-state index in [2.05, 4.69) is 76.7 Å². The van der Waals surface area contributed by atoms with Gasteiger partial charge in [0.15, 0.2) is 0 Å². The molecule has 5 rings (SSSR count). The Morgan fingerprint density at radius 3 is 1.10 bits per heavy atom. The molecule has 0 bridgehead atoms. The third kappa shape index (κ3) is 5.11. The summed E-state index contributed by atoms with van der Waals surface area (Å²) < 4.78 is 0. The lowest BCUT2D eigenvalue weighted by Gasteiger charge is -2.50. The van der Waals surface area contributed by atoms with Crippen LogP contribution in [0.2, 0.25) is 0 Å². The van der Waals surface area contributed by atoms with E-state index >= 15 is 0 Å². The second-order valence-corrected chi connectivity index (χ2v) is 15.1. The standard InChI is InChI=1S/C30H44N6O4/c1-25(2)15-29(16-26(3,4)33-25)21(37)35(23(39)31-29)13-19-9-11-20(12-10-19)14-36-22(38)30(32-24(36)40)17-27(5,6)34-28(7,8)18-30/h9-12,33-34H,13-18H2,1-8H3,(H,31,39)(H,32,40). The molecular weight excluding hydrogens is 508 g/mol. The molecule has 40 heavy (non-hydrogen) atoms. The van der Waals surface area contributed by atoms with E-state index in [1.807, 2.05) is 24.3 Å². The normalized spacial score (nSPS) is 27.3. The fourth-order valence-corrected chi connectivity index (χ4v) is 8.39. The molecule has 1 aromatic carbocycles. The van der Waals surface area contributed by atoms with Gasteiger partial charge in [-0.15, -0.1) is 0 Å². The van der Waals surface area contributed by atoms with Gasteiger partial charge in [-0.3, -0.25) is 19.4 Å². The number of imide groups is 2. The number of rotatable bonds is 4. The molecule has 4 aliphatic rings. The largest absolute Gasteiger partial charge is 0.325 e. The highest BCUT2D eigenvalue weighted by molar-refractivity contribution is 6.08. The third-order valence-electron chi connectivity index (χ3n) is 8.52. The summed E-state index contributed by atoms with van der Waals surface area (Å²) in [6.45, 7) is 16.7. The lowest BCUT2D eigenvalue weighted by molar-refractivity contribution is -0.135. The summed E-state index contributed by atoms with van der Waals surface area (Å²) in [5.74, 6) is -0.386. The molecule has 4 aliphatic heterocycles. The molecular formula is C30H44N6O4. The van der Waals surface area contributed by atoms with Crippen molar-refractivity contribution in [1.29, 1.82) is 0 Å². The first-order valence-corrected chi connectivity index (χ1v) is 14.2. The Labute approximate surface area is 237 Å². The molecule has 10 heteroatoms. The van der Waals surface area contributed by atoms with Crippen molar-refractivity contribution in [3.8, 4) is 0 Å². The van der Waals surface area contributed by atoms with Crippen LogP contribution in [0.1, 0.15) is 92.2 Å². The van der Waals surface area contributed by atoms with Gasteiger partial charge in [0.05, 0.1) is 13.1 Å². The summed E-state index contributed by atoms with van der Waals surface area (Å²) >= 11 is 0. The molecule has 0 atom stereocenters. The van der Waals surface area contributed by atoms with E-state index in [9.17, 15) is 19.2 Å². The van der Waals surface area contributed by atoms with Crippen LogP contribution in [0.25, 0.3) is 0 Å². The van der Waals surface area contributed by atoms with Crippen LogP contribution in [0, 0.1) is 0 Å². The summed E-state index contributed by atoms with van der Waals surface area (Å²) in [6, 6.07) is 6.65. The van der Waals surface area contributed by atoms with Crippen molar-refractivity contribution in [2.24, 2.45) is 0 Å². The Bertz CT molecular complexity index is 1140. The Morgan fingerprint density at radius 2 is 0.825 bits per heavy atom. The lowest BCUT2D eigenvalue weighted by atomic mass is 9.70. The Kier molecular flexibility index (Phi) is 6.25. The van der Waals surface area contributed by atoms with Crippen molar-refractivity contribution < 1.29 is 19.2 Å². The van der Waals surface area contributed by atoms with Gasteiger partial charge >= 0.3 is 12.1 Å². The zero-order valence-electron chi connectivity index (χ0n) is 25.1. The smallest absolute Gasteiger partial charge is 0.323 e. The van der Waals surface area contributed by atoms with Crippen LogP contribution >= 0.6 is 0 Å². The van der Waals surface area contributed by atoms with Crippen LogP contribution < -0.4 is 21.3 Å². The van der Waals surface area contributed by atoms with E-state index in [4.69, 9.17) is 0 Å². The van der Waals surface area contributed by atoms with Gasteiger partial charge in [-0.2, -0.15) is 0 Å². The van der Waals surface area contributed by atoms with Crippen LogP contribution in [0.4, 0.5) is 9.59 Å². The molecule has 0 radical (unpaired) electrons. The van der Waals surface area contributed by atoms with E-state index in [1.54, 1.807) is 0 Å². The van der Waals surface area contributed by atoms with Crippen molar-refractivity contribution in [2.45, 2.75) is 127 Å². The van der Waals surface area contributed by atoms with Crippen LogP contribution in [0.3, 0.4) is 0 Å². The number of carbonyl (C=O) groups is 4. The summed E-state index contributed by atoms with van der Waals surface area (Å²) in [4.78, 5) is 55.8. The van der Waals surface area contributed by atoms with E-state index in [1.165, 1.54) is 9.80 Å². The van der Waals surface area contributed by atoms with E-state index in [-0.39, 0.29) is 59.1 Å². The summed E-state index contributed by atoms with van der Waals surface area (Å²) in [5, 5.41) is 13.2. The fraction of sp³-hybridized carbons (Fsp3) is 0.667. The first-order chi connectivity index (χ1) is 18.3. The van der Waals surface area contributed by atoms with Crippen molar-refractivity contribution in [3.05, 3.63) is 35.4 Å². The maximum Gasteiger partial charge on any atom is 0.325 e. The highest BCUT2D eigenvalue weighted by Crippen LogP contribution is 2.41. The van der Waals surface area contributed by atoms with Crippen LogP contribution in [0.5, 0.6) is 0 Å². The number of hydrogen-bond acceptors (Lipinski definition) is 6. The van der Waals surface area contributed by atoms with E-state index in [0.29, 0.717) is 25.7 Å². The summed E-state index contributed by atoms with van der Waals surface area (Å²) in [7, 11) is 0. The maximum absolute atomic E-state index is 13.6. The first-order valence-electron chi connectivity index (χ1n) is 14.2. The highest BCUT2D eigenvalue weighted by Gasteiger charge is 2.59. The molecule has 0 saturated carbocycles. The minimum absolute atomic E-state index is 0.157. The predicted molar refractivity (Wildman–Crippen MR) is 151 cm³/mol. The molecule has 10 nitrogen and oxygen atoms in total. The quantitative estimate of drug-likeness (QED) is 0.426. The monoisotopic (exact) mass is 552 g/mol. The first kappa shape index (κ1) is 28.5. The summed E-state index contributed by atoms with van der Waals surface area (Å²) in [6.07, 6.45) is 2.06. The number of benzene rings is 1. The van der Waals surface area contributed by atoms with Gasteiger partial charge in [0.1, 0.15) is 11.1 Å². The molecule has 4 saturated heterocycles. The van der Waals surface area contributed by atoms with Crippen molar-refractivity contribution in [3.63, 3.8) is 0 Å². The Hall–Kier alpha value is -2.98. The van der Waals surface area contributed by atoms with Crippen LogP contribution in [0.15, 0.2) is 24.3 Å². The lowest BCUT2D eigenvalue weighted by Crippen LogP contribution is -2.68. The van der Waals surface area contributed by atoms with Gasteiger partial charge in [-0.25, -0.2) is 9.59 Å². The zero-order valence-corrected chi connectivity index (χ0v) is 25.1. The molecule has 6 amide bonds. The van der Waals surface area contributed by atoms with Crippen LogP contribution in [-0.4, -0.2) is 66.9 Å². The Balaban J connectivity index is 1.28. The van der Waals surface area contributed by atoms with Crippen molar-refractivity contribution >= 4 is 23.9 Å². The van der Waals surface area contributed by atoms with Gasteiger partial charge in [0, 0.05) is 22.2 Å². The van der Waals surface area contributed by atoms with Crippen LogP contribution in [-0.2, 0) is 22.7 Å². The number of piperidine rings is 2. The predicted octanol–water partition coefficient (Wildman–Crippen LogP) is 3.15. The third-order valence-corrected chi connectivity index (χ3v) is 8.52. The van der Waals surface area contributed by atoms with Gasteiger partial charge < -0.3 is 21.3 Å². The van der Waals surface area contributed by atoms with Crippen molar-refractivity contribution in [2.75, 3.05) is 0 Å². The molecule has 4 N–H and O–H groups in total. The van der Waals surface area contributed by atoms with Gasteiger partial charge in [-0.1, -0.05) is 24.3 Å². The minimum atomic E-state index is -0.924. The van der Waals surface area contributed by atoms with E-state index in [0.717, 1.165) is 11.1 Å². The number of amides is 6. The molecule has 218 valence electrons. The summed E-state index contributed by atoms with van der Waals surface area (Å²) in [5.41, 5.74) is -1.47. The number of urea groups is 2. The van der Waals surface area contributed by atoms with Gasteiger partial charge in [0.2, 0.25) is 0 Å². The number of nitrogens with zero attached hydrogens (tertiary/aromatic N) is 2. The molecule has 4 fully saturated rings. The molecule has 4 heterocycles. The van der Waals surface area contributed by atoms with Gasteiger partial charge in [0.25, 0.3) is 11.8 Å². The number of nitrogens with one attached hydrogen (secondary N) is 4. The average molecular weight is 553 g/mol. The number of carbonyl (C=O) groups excluding carboxylic acids is 4. The molecule has 0 unspecified atom stereocenters. The molecule has 0 aromatic heterocycles. The maximum atomic E-state index is 13.6. The Morgan fingerprint density at radius 1 is 0.550 bits per heavy atom. The van der Waals surface area contributed by atoms with Gasteiger partial charge in [-0.05, 0) is 92.2 Å². The zero-order chi connectivity index (χ0) is 29.5. The van der Waals surface area contributed by atoms with Crippen molar-refractivity contribution in [1.82, 2.24) is 31.1 Å². The minimum Gasteiger partial charge on any atom is -0.323 e. The average Bonchev–Trinajstić information content (AvgIpc) is 3.08. The van der Waals surface area contributed by atoms with E-state index < -0.39 is 11.1 Å². The molecule has 0 aliphatic carbocycles. The second-order valence-electron chi connectivity index (χ2n) is 15.1. The number of hydrogen-bond donors (Lipinski definition) is 4.